The maximum Gasteiger partial charge on any atom is 0.247 e. The van der Waals surface area contributed by atoms with Gasteiger partial charge in [-0.25, -0.2) is 4.98 Å². The molecule has 1 aromatic carbocycles. The fourth-order valence-corrected chi connectivity index (χ4v) is 3.10. The van der Waals surface area contributed by atoms with Gasteiger partial charge in [-0.1, -0.05) is 0 Å². The van der Waals surface area contributed by atoms with Crippen LogP contribution in [0.3, 0.4) is 0 Å². The van der Waals surface area contributed by atoms with E-state index < -0.39 is 0 Å². The van der Waals surface area contributed by atoms with E-state index >= 15 is 0 Å². The van der Waals surface area contributed by atoms with Gasteiger partial charge in [-0.2, -0.15) is 11.8 Å². The lowest BCUT2D eigenvalue weighted by atomic mass is 10.2. The van der Waals surface area contributed by atoms with E-state index in [0.717, 1.165) is 34.7 Å². The molecule has 2 heterocycles. The molecule has 2 N–H and O–H groups in total. The number of aromatic amines is 1. The van der Waals surface area contributed by atoms with Crippen LogP contribution < -0.4 is 5.32 Å². The van der Waals surface area contributed by atoms with Crippen molar-refractivity contribution in [3.05, 3.63) is 48.5 Å². The van der Waals surface area contributed by atoms with E-state index in [-0.39, 0.29) is 11.9 Å². The minimum absolute atomic E-state index is 0.00540. The Morgan fingerprint density at radius 1 is 1.39 bits per heavy atom. The van der Waals surface area contributed by atoms with Gasteiger partial charge in [0.05, 0.1) is 11.0 Å². The van der Waals surface area contributed by atoms with Crippen LogP contribution in [0.15, 0.2) is 42.7 Å². The molecule has 23 heavy (non-hydrogen) atoms. The molecule has 0 radical (unpaired) electrons. The molecule has 120 valence electrons. The van der Waals surface area contributed by atoms with Crippen molar-refractivity contribution < 1.29 is 4.79 Å². The van der Waals surface area contributed by atoms with Crippen molar-refractivity contribution in [1.82, 2.24) is 14.5 Å². The molecule has 1 amide bonds. The van der Waals surface area contributed by atoms with Crippen LogP contribution in [0, 0.1) is 6.92 Å². The van der Waals surface area contributed by atoms with E-state index in [9.17, 15) is 4.79 Å². The summed E-state index contributed by atoms with van der Waals surface area (Å²) >= 11 is 1.75. The van der Waals surface area contributed by atoms with Crippen LogP contribution in [0.4, 0.5) is 5.69 Å². The zero-order valence-electron chi connectivity index (χ0n) is 13.2. The lowest BCUT2D eigenvalue weighted by molar-refractivity contribution is -0.119. The molecular weight excluding hydrogens is 308 g/mol. The third-order valence-corrected chi connectivity index (χ3v) is 4.40. The Labute approximate surface area is 139 Å². The van der Waals surface area contributed by atoms with Crippen LogP contribution in [0.2, 0.25) is 0 Å². The van der Waals surface area contributed by atoms with Crippen molar-refractivity contribution in [2.24, 2.45) is 0 Å². The summed E-state index contributed by atoms with van der Waals surface area (Å²) in [6.45, 7) is 1.92. The number of carbonyl (C=O) groups is 1. The maximum absolute atomic E-state index is 12.7. The summed E-state index contributed by atoms with van der Waals surface area (Å²) in [5.41, 5.74) is 2.62. The molecule has 0 fully saturated rings. The standard InChI is InChI=1S/C17H20N4OS/c1-12-18-14-6-5-13(11-15(14)19-12)20-17(22)16(7-10-23-2)21-8-3-4-9-21/h3-6,8-9,11,16H,7,10H2,1-2H3,(H,18,19)(H,20,22). The Kier molecular flexibility index (Phi) is 4.71. The molecule has 2 aromatic heterocycles. The van der Waals surface area contributed by atoms with Gasteiger partial charge in [-0.3, -0.25) is 4.79 Å². The second-order valence-corrected chi connectivity index (χ2v) is 6.46. The minimum Gasteiger partial charge on any atom is -0.342 e. The first kappa shape index (κ1) is 15.7. The van der Waals surface area contributed by atoms with Crippen LogP contribution in [-0.4, -0.2) is 32.5 Å². The number of benzene rings is 1. The molecule has 0 aliphatic heterocycles. The van der Waals surface area contributed by atoms with Gasteiger partial charge < -0.3 is 14.9 Å². The molecular formula is C17H20N4OS. The van der Waals surface area contributed by atoms with Gasteiger partial charge >= 0.3 is 0 Å². The largest absolute Gasteiger partial charge is 0.342 e. The molecule has 0 spiro atoms. The van der Waals surface area contributed by atoms with Gasteiger partial charge in [0.25, 0.3) is 0 Å². The average Bonchev–Trinajstić information content (AvgIpc) is 3.16. The zero-order chi connectivity index (χ0) is 16.2. The molecule has 0 saturated heterocycles. The zero-order valence-corrected chi connectivity index (χ0v) is 14.1. The summed E-state index contributed by atoms with van der Waals surface area (Å²) in [6.07, 6.45) is 6.73. The smallest absolute Gasteiger partial charge is 0.247 e. The summed E-state index contributed by atoms with van der Waals surface area (Å²) in [6, 6.07) is 9.42. The molecule has 3 rings (SSSR count). The monoisotopic (exact) mass is 328 g/mol. The van der Waals surface area contributed by atoms with Gasteiger partial charge in [0, 0.05) is 18.1 Å². The Morgan fingerprint density at radius 3 is 2.91 bits per heavy atom. The van der Waals surface area contributed by atoms with Crippen LogP contribution in [0.5, 0.6) is 0 Å². The number of anilines is 1. The van der Waals surface area contributed by atoms with Crippen molar-refractivity contribution in [3.8, 4) is 0 Å². The van der Waals surface area contributed by atoms with Crippen LogP contribution >= 0.6 is 11.8 Å². The number of aryl methyl sites for hydroxylation is 1. The highest BCUT2D eigenvalue weighted by Crippen LogP contribution is 2.21. The number of imidazole rings is 1. The van der Waals surface area contributed by atoms with Crippen LogP contribution in [-0.2, 0) is 4.79 Å². The topological polar surface area (TPSA) is 62.7 Å². The number of hydrogen-bond acceptors (Lipinski definition) is 3. The van der Waals surface area contributed by atoms with Gasteiger partial charge in [0.15, 0.2) is 0 Å². The molecule has 5 nitrogen and oxygen atoms in total. The highest BCUT2D eigenvalue weighted by molar-refractivity contribution is 7.98. The van der Waals surface area contributed by atoms with E-state index in [1.807, 2.05) is 54.2 Å². The first-order valence-electron chi connectivity index (χ1n) is 7.56. The fourth-order valence-electron chi connectivity index (χ4n) is 2.64. The van der Waals surface area contributed by atoms with Gasteiger partial charge in [-0.05, 0) is 55.7 Å². The molecule has 1 unspecified atom stereocenters. The summed E-state index contributed by atoms with van der Waals surface area (Å²) in [5, 5.41) is 3.02. The molecule has 6 heteroatoms. The number of amides is 1. The van der Waals surface area contributed by atoms with Crippen molar-refractivity contribution in [2.45, 2.75) is 19.4 Å². The number of aromatic nitrogens is 3. The second kappa shape index (κ2) is 6.91. The van der Waals surface area contributed by atoms with Crippen LogP contribution in [0.25, 0.3) is 11.0 Å². The van der Waals surface area contributed by atoms with E-state index in [2.05, 4.69) is 21.5 Å². The number of hydrogen-bond donors (Lipinski definition) is 2. The van der Waals surface area contributed by atoms with Gasteiger partial charge in [-0.15, -0.1) is 0 Å². The number of nitrogens with one attached hydrogen (secondary N) is 2. The van der Waals surface area contributed by atoms with Crippen molar-refractivity contribution in [3.63, 3.8) is 0 Å². The van der Waals surface area contributed by atoms with E-state index in [0.29, 0.717) is 0 Å². The predicted octanol–water partition coefficient (Wildman–Crippen LogP) is 3.61. The summed E-state index contributed by atoms with van der Waals surface area (Å²) < 4.78 is 1.96. The average molecular weight is 328 g/mol. The molecule has 0 aliphatic rings. The van der Waals surface area contributed by atoms with Crippen molar-refractivity contribution in [1.29, 1.82) is 0 Å². The Balaban J connectivity index is 1.79. The highest BCUT2D eigenvalue weighted by atomic mass is 32.2. The van der Waals surface area contributed by atoms with Crippen molar-refractivity contribution in [2.75, 3.05) is 17.3 Å². The lowest BCUT2D eigenvalue weighted by Gasteiger charge is -2.18. The van der Waals surface area contributed by atoms with Gasteiger partial charge in [0.2, 0.25) is 5.91 Å². The van der Waals surface area contributed by atoms with Crippen LogP contribution in [0.1, 0.15) is 18.3 Å². The Bertz CT molecular complexity index is 794. The molecule has 0 saturated carbocycles. The molecule has 0 bridgehead atoms. The number of rotatable bonds is 6. The Hall–Kier alpha value is -2.21. The number of H-pyrrole nitrogens is 1. The molecule has 1 atom stereocenters. The van der Waals surface area contributed by atoms with Gasteiger partial charge in [0.1, 0.15) is 11.9 Å². The molecule has 0 aliphatic carbocycles. The third kappa shape index (κ3) is 3.59. The second-order valence-electron chi connectivity index (χ2n) is 5.47. The number of carbonyl (C=O) groups excluding carboxylic acids is 1. The molecule has 3 aromatic rings. The highest BCUT2D eigenvalue weighted by Gasteiger charge is 2.19. The lowest BCUT2D eigenvalue weighted by Crippen LogP contribution is -2.25. The summed E-state index contributed by atoms with van der Waals surface area (Å²) in [7, 11) is 0. The summed E-state index contributed by atoms with van der Waals surface area (Å²) in [4.78, 5) is 20.3. The van der Waals surface area contributed by atoms with E-state index in [4.69, 9.17) is 0 Å². The summed E-state index contributed by atoms with van der Waals surface area (Å²) in [5.74, 6) is 1.81. The Morgan fingerprint density at radius 2 is 2.17 bits per heavy atom. The minimum atomic E-state index is -0.198. The number of fused-ring (bicyclic) bond motifs is 1. The quantitative estimate of drug-likeness (QED) is 0.726. The van der Waals surface area contributed by atoms with E-state index in [1.54, 1.807) is 11.8 Å². The third-order valence-electron chi connectivity index (χ3n) is 3.75. The fraction of sp³-hybridized carbons (Fsp3) is 0.294. The normalized spacial score (nSPS) is 12.4. The number of nitrogens with zero attached hydrogens (tertiary/aromatic N) is 2. The SMILES string of the molecule is CSCCC(C(=O)Nc1ccc2nc(C)[nH]c2c1)n1cccc1. The maximum atomic E-state index is 12.7. The first-order valence-corrected chi connectivity index (χ1v) is 8.95. The first-order chi connectivity index (χ1) is 11.2. The van der Waals surface area contributed by atoms with Crippen molar-refractivity contribution >= 4 is 34.4 Å². The van der Waals surface area contributed by atoms with E-state index in [1.165, 1.54) is 0 Å². The predicted molar refractivity (Wildman–Crippen MR) is 95.9 cm³/mol. The number of thioether (sulfide) groups is 1.